The van der Waals surface area contributed by atoms with E-state index in [4.69, 9.17) is 22.1 Å². The van der Waals surface area contributed by atoms with Gasteiger partial charge in [-0.25, -0.2) is 4.98 Å². The molecule has 0 radical (unpaired) electrons. The molecule has 1 aliphatic heterocycles. The van der Waals surface area contributed by atoms with Crippen molar-refractivity contribution in [2.45, 2.75) is 53.6 Å². The Balaban J connectivity index is 0.00000849. The van der Waals surface area contributed by atoms with Crippen molar-refractivity contribution in [2.24, 2.45) is 0 Å². The number of imidazole rings is 1. The number of fused-ring (bicyclic) bond motifs is 10. The molecular formula is C74H56N4OPt-2. The van der Waals surface area contributed by atoms with Crippen molar-refractivity contribution in [2.75, 3.05) is 0 Å². The van der Waals surface area contributed by atoms with Crippen molar-refractivity contribution in [3.05, 3.63) is 259 Å². The summed E-state index contributed by atoms with van der Waals surface area (Å²) in [7, 11) is 0. The zero-order valence-electron chi connectivity index (χ0n) is 60.3. The van der Waals surface area contributed by atoms with Gasteiger partial charge in [0.15, 0.2) is 0 Å². The number of aryl methyl sites for hydroxylation is 4. The fraction of sp³-hybridized carbons (Fsp3) is 0.108. The molecule has 80 heavy (non-hydrogen) atoms. The third-order valence-corrected chi connectivity index (χ3v) is 14.9. The minimum Gasteiger partial charge on any atom is -0.510 e. The molecule has 0 bridgehead atoms. The molecule has 1 aliphatic rings. The van der Waals surface area contributed by atoms with Crippen LogP contribution in [0.15, 0.2) is 212 Å². The van der Waals surface area contributed by atoms with Gasteiger partial charge < -0.3 is 13.9 Å². The average Bonchev–Trinajstić information content (AvgIpc) is 1.61. The van der Waals surface area contributed by atoms with Crippen molar-refractivity contribution < 1.29 is 53.7 Å². The van der Waals surface area contributed by atoms with Crippen LogP contribution in [-0.2, 0) is 26.5 Å². The molecule has 0 atom stereocenters. The minimum absolute atomic E-state index is 0. The number of benzene rings is 10. The van der Waals surface area contributed by atoms with Crippen LogP contribution >= 0.6 is 0 Å². The Morgan fingerprint density at radius 2 is 1.14 bits per heavy atom. The second kappa shape index (κ2) is 19.8. The standard InChI is InChI=1S/C74H56N4O.Pt/c1-46-20-15-21-47(2)69(46)51-40-63(70-48(3)22-16-23-49(70)4)72-64(41-51)71-56(50-24-9-8-10-25-50)31-18-32-61(71)57-28-11-12-29-58(57)62-33-19-35-66-73(62)77(72)45-76(66)53-26-17-27-54(43-53)79-55-36-37-60-59-30-13-14-34-65(59)78(67(60)44-55)68-42-52(38-39-75-68)74(5,6)7;/h8-42H,1-7H3;/q-2;/i1D3,2D3,3D3,4D3,8D,9D,10D,24D,25D;. The average molecular weight is 1230 g/mol. The summed E-state index contributed by atoms with van der Waals surface area (Å²) in [6.45, 7) is -5.65. The van der Waals surface area contributed by atoms with E-state index in [0.29, 0.717) is 50.5 Å². The number of nitrogens with zero attached hydrogens (tertiary/aromatic N) is 4. The van der Waals surface area contributed by atoms with E-state index >= 15 is 0 Å². The summed E-state index contributed by atoms with van der Waals surface area (Å²) in [5.74, 6) is 1.32. The molecule has 0 saturated heterocycles. The first-order chi connectivity index (χ1) is 45.4. The summed E-state index contributed by atoms with van der Waals surface area (Å²) in [5.41, 5.74) is 3.58. The number of rotatable bonds is 7. The third-order valence-electron chi connectivity index (χ3n) is 14.9. The molecule has 5 nitrogen and oxygen atoms in total. The SMILES string of the molecule is [2H]c1c([2H])c([2H])c(-c2cccc3c2-c2cc(-c4c(C([2H])([2H])[2H])cccc4C([2H])([2H])[2H])cc(-c4c(C([2H])([2H])[2H])cccc4C([2H])([2H])[2H])c2-[n+]2[c-]n(-c4[c-]c(Oc5[c-]c6c(cc5)c5ccccc5n6-c5cc(C(C)(C)C)ccn5)ccc4)c4cccc(c42)-c2ccccc2-3)c([2H])c1[2H].[Pt]. The molecule has 14 rings (SSSR count). The van der Waals surface area contributed by atoms with E-state index in [1.807, 2.05) is 78.9 Å². The number of pyridine rings is 1. The van der Waals surface area contributed by atoms with E-state index in [1.165, 1.54) is 42.5 Å². The van der Waals surface area contributed by atoms with E-state index in [9.17, 15) is 11.0 Å². The first-order valence-electron chi connectivity index (χ1n) is 34.3. The number of aromatic nitrogens is 4. The summed E-state index contributed by atoms with van der Waals surface area (Å²) in [5, 5.41) is 1.91. The molecule has 3 aromatic heterocycles. The Labute approximate surface area is 506 Å². The Kier molecular flexibility index (Phi) is 8.62. The zero-order chi connectivity index (χ0) is 68.0. The van der Waals surface area contributed by atoms with E-state index in [-0.39, 0.29) is 82.4 Å². The van der Waals surface area contributed by atoms with Gasteiger partial charge in [-0.3, -0.25) is 4.57 Å². The molecule has 0 saturated carbocycles. The Bertz CT molecular complexity index is 5310. The number of hydrogen-bond acceptors (Lipinski definition) is 2. The molecule has 0 N–H and O–H groups in total. The first-order valence-corrected chi connectivity index (χ1v) is 25.8. The molecule has 390 valence electrons. The molecule has 0 fully saturated rings. The van der Waals surface area contributed by atoms with Gasteiger partial charge in [-0.05, 0) is 169 Å². The summed E-state index contributed by atoms with van der Waals surface area (Å²) in [4.78, 5) is 4.84. The molecular weight excluding hydrogens is 1160 g/mol. The van der Waals surface area contributed by atoms with Crippen molar-refractivity contribution in [1.29, 1.82) is 0 Å². The van der Waals surface area contributed by atoms with Gasteiger partial charge in [0, 0.05) is 60.7 Å². The van der Waals surface area contributed by atoms with Gasteiger partial charge in [-0.15, -0.1) is 29.7 Å². The predicted molar refractivity (Wildman–Crippen MR) is 324 cm³/mol. The fourth-order valence-electron chi connectivity index (χ4n) is 11.4. The van der Waals surface area contributed by atoms with Crippen LogP contribution in [0.4, 0.5) is 0 Å². The van der Waals surface area contributed by atoms with Gasteiger partial charge in [0.25, 0.3) is 6.33 Å². The van der Waals surface area contributed by atoms with E-state index in [0.717, 1.165) is 27.4 Å². The predicted octanol–water partition coefficient (Wildman–Crippen LogP) is 18.4. The molecule has 13 aromatic rings. The van der Waals surface area contributed by atoms with Crippen molar-refractivity contribution in [1.82, 2.24) is 14.1 Å². The third kappa shape index (κ3) is 8.34. The topological polar surface area (TPSA) is 35.9 Å². The van der Waals surface area contributed by atoms with Crippen LogP contribution < -0.4 is 9.30 Å². The van der Waals surface area contributed by atoms with Crippen LogP contribution in [-0.4, -0.2) is 14.1 Å². The molecule has 0 amide bonds. The maximum atomic E-state index is 9.56. The van der Waals surface area contributed by atoms with Gasteiger partial charge in [0.05, 0.1) is 23.6 Å². The molecule has 4 heterocycles. The maximum Gasteiger partial charge on any atom is 0.268 e. The van der Waals surface area contributed by atoms with Crippen LogP contribution in [0.25, 0.3) is 117 Å². The zero-order valence-corrected chi connectivity index (χ0v) is 45.6. The first kappa shape index (κ1) is 34.9. The second-order valence-electron chi connectivity index (χ2n) is 20.7. The Hall–Kier alpha value is -8.89. The molecule has 0 unspecified atom stereocenters. The monoisotopic (exact) mass is 1230 g/mol. The number of ether oxygens (including phenoxy) is 1. The van der Waals surface area contributed by atoms with Gasteiger partial charge in [-0.1, -0.05) is 172 Å². The Morgan fingerprint density at radius 3 is 1.89 bits per heavy atom. The van der Waals surface area contributed by atoms with Crippen LogP contribution in [0, 0.1) is 45.9 Å². The number of para-hydroxylation sites is 2. The van der Waals surface area contributed by atoms with Crippen LogP contribution in [0.3, 0.4) is 0 Å². The van der Waals surface area contributed by atoms with Crippen LogP contribution in [0.2, 0.25) is 0 Å². The number of hydrogen-bond donors (Lipinski definition) is 0. The summed E-state index contributed by atoms with van der Waals surface area (Å²) >= 11 is 0. The molecule has 0 aliphatic carbocycles. The normalized spacial score (nSPS) is 15.6. The molecule has 10 aromatic carbocycles. The summed E-state index contributed by atoms with van der Waals surface area (Å²) in [6.07, 6.45) is 5.41. The quantitative estimate of drug-likeness (QED) is 0.118. The summed E-state index contributed by atoms with van der Waals surface area (Å²) in [6, 6.07) is 53.9. The van der Waals surface area contributed by atoms with E-state index in [1.54, 1.807) is 57.8 Å². The molecule has 6 heteroatoms. The van der Waals surface area contributed by atoms with Crippen LogP contribution in [0.1, 0.15) is 71.9 Å². The van der Waals surface area contributed by atoms with Crippen molar-refractivity contribution in [3.63, 3.8) is 0 Å². The Morgan fingerprint density at radius 1 is 0.525 bits per heavy atom. The van der Waals surface area contributed by atoms with E-state index in [2.05, 4.69) is 55.9 Å². The van der Waals surface area contributed by atoms with E-state index < -0.39 is 79.9 Å². The minimum atomic E-state index is -3.05. The van der Waals surface area contributed by atoms with Crippen molar-refractivity contribution >= 4 is 32.8 Å². The van der Waals surface area contributed by atoms with Crippen molar-refractivity contribution in [3.8, 4) is 95.5 Å². The van der Waals surface area contributed by atoms with Gasteiger partial charge in [0.2, 0.25) is 0 Å². The summed E-state index contributed by atoms with van der Waals surface area (Å²) < 4.78 is 167. The van der Waals surface area contributed by atoms with Gasteiger partial charge in [0.1, 0.15) is 5.82 Å². The van der Waals surface area contributed by atoms with Gasteiger partial charge >= 0.3 is 0 Å². The fourth-order valence-corrected chi connectivity index (χ4v) is 11.4. The van der Waals surface area contributed by atoms with Gasteiger partial charge in [-0.2, -0.15) is 18.2 Å². The second-order valence-corrected chi connectivity index (χ2v) is 20.7. The largest absolute Gasteiger partial charge is 0.510 e. The van der Waals surface area contributed by atoms with Crippen LogP contribution in [0.5, 0.6) is 11.5 Å². The smallest absolute Gasteiger partial charge is 0.268 e. The molecule has 0 spiro atoms. The maximum absolute atomic E-state index is 9.56.